The summed E-state index contributed by atoms with van der Waals surface area (Å²) in [6.07, 6.45) is 2.60. The lowest BCUT2D eigenvalue weighted by Crippen LogP contribution is -1.99. The Morgan fingerprint density at radius 3 is 3.08 bits per heavy atom. The van der Waals surface area contributed by atoms with Crippen molar-refractivity contribution in [1.82, 2.24) is 0 Å². The summed E-state index contributed by atoms with van der Waals surface area (Å²) in [6, 6.07) is 2.07. The molecule has 1 heterocycles. The number of aldehydes is 1. The molecule has 0 spiro atoms. The number of fused-ring (bicyclic) bond motifs is 1. The summed E-state index contributed by atoms with van der Waals surface area (Å²) >= 11 is 7.62. The molecule has 0 unspecified atom stereocenters. The van der Waals surface area contributed by atoms with Gasteiger partial charge >= 0.3 is 0 Å². The second-order valence-corrected chi connectivity index (χ2v) is 4.03. The zero-order valence-corrected chi connectivity index (χ0v) is 7.91. The molecule has 0 aromatic carbocycles. The van der Waals surface area contributed by atoms with Gasteiger partial charge in [-0.25, -0.2) is 0 Å². The first-order chi connectivity index (χ1) is 5.83. The quantitative estimate of drug-likeness (QED) is 0.635. The first-order valence-corrected chi connectivity index (χ1v) is 4.99. The third kappa shape index (κ3) is 1.11. The summed E-state index contributed by atoms with van der Waals surface area (Å²) < 4.78 is 0. The SMILES string of the molecule is O=CC1=C(Cl)c2sccc2CC1. The third-order valence-corrected chi connectivity index (χ3v) is 3.55. The van der Waals surface area contributed by atoms with Crippen molar-refractivity contribution in [3.8, 4) is 0 Å². The molecule has 0 fully saturated rings. The van der Waals surface area contributed by atoms with Gasteiger partial charge in [-0.05, 0) is 29.9 Å². The second kappa shape index (κ2) is 3.04. The maximum atomic E-state index is 10.6. The minimum absolute atomic E-state index is 0.654. The molecule has 1 nitrogen and oxygen atoms in total. The molecule has 1 aromatic heterocycles. The van der Waals surface area contributed by atoms with Crippen LogP contribution in [0.4, 0.5) is 0 Å². The van der Waals surface area contributed by atoms with Crippen LogP contribution in [0.3, 0.4) is 0 Å². The van der Waals surface area contributed by atoms with E-state index >= 15 is 0 Å². The number of carbonyl (C=O) groups is 1. The van der Waals surface area contributed by atoms with Gasteiger partial charge in [-0.3, -0.25) is 4.79 Å². The van der Waals surface area contributed by atoms with Crippen molar-refractivity contribution >= 4 is 34.3 Å². The molecule has 0 saturated carbocycles. The molecule has 12 heavy (non-hydrogen) atoms. The van der Waals surface area contributed by atoms with Gasteiger partial charge in [0.15, 0.2) is 0 Å². The highest BCUT2D eigenvalue weighted by molar-refractivity contribution is 7.12. The fraction of sp³-hybridized carbons (Fsp3) is 0.222. The predicted molar refractivity (Wildman–Crippen MR) is 51.5 cm³/mol. The van der Waals surface area contributed by atoms with Crippen LogP contribution in [0.15, 0.2) is 17.0 Å². The molecular formula is C9H7ClOS. The molecule has 0 atom stereocenters. The van der Waals surface area contributed by atoms with Gasteiger partial charge in [0.05, 0.1) is 5.03 Å². The van der Waals surface area contributed by atoms with E-state index in [1.54, 1.807) is 11.3 Å². The van der Waals surface area contributed by atoms with Crippen molar-refractivity contribution in [3.05, 3.63) is 27.5 Å². The van der Waals surface area contributed by atoms with E-state index in [0.717, 1.165) is 29.6 Å². The molecule has 1 aromatic rings. The lowest BCUT2D eigenvalue weighted by molar-refractivity contribution is -0.105. The Balaban J connectivity index is 2.56. The number of thiophene rings is 1. The van der Waals surface area contributed by atoms with E-state index in [-0.39, 0.29) is 0 Å². The van der Waals surface area contributed by atoms with E-state index < -0.39 is 0 Å². The maximum Gasteiger partial charge on any atom is 0.147 e. The molecule has 3 heteroatoms. The standard InChI is InChI=1S/C9H7ClOS/c10-8-7(5-11)2-1-6-3-4-12-9(6)8/h3-5H,1-2H2. The van der Waals surface area contributed by atoms with Crippen molar-refractivity contribution in [2.75, 3.05) is 0 Å². The van der Waals surface area contributed by atoms with Gasteiger partial charge in [0.1, 0.15) is 6.29 Å². The fourth-order valence-electron chi connectivity index (χ4n) is 1.36. The first-order valence-electron chi connectivity index (χ1n) is 3.73. The topological polar surface area (TPSA) is 17.1 Å². The van der Waals surface area contributed by atoms with Crippen molar-refractivity contribution in [2.24, 2.45) is 0 Å². The summed E-state index contributed by atoms with van der Waals surface area (Å²) in [4.78, 5) is 11.6. The monoisotopic (exact) mass is 198 g/mol. The number of carbonyl (C=O) groups excluding carboxylic acids is 1. The maximum absolute atomic E-state index is 10.6. The number of allylic oxidation sites excluding steroid dienone is 1. The normalized spacial score (nSPS) is 16.1. The summed E-state index contributed by atoms with van der Waals surface area (Å²) in [5.74, 6) is 0. The zero-order chi connectivity index (χ0) is 8.55. The van der Waals surface area contributed by atoms with E-state index in [1.165, 1.54) is 5.56 Å². The molecule has 0 amide bonds. The summed E-state index contributed by atoms with van der Waals surface area (Å²) in [5, 5.41) is 2.67. The average Bonchev–Trinajstić information content (AvgIpc) is 2.53. The van der Waals surface area contributed by atoms with Crippen LogP contribution in [0.25, 0.3) is 5.03 Å². The highest BCUT2D eigenvalue weighted by atomic mass is 35.5. The third-order valence-electron chi connectivity index (χ3n) is 2.03. The van der Waals surface area contributed by atoms with Crippen LogP contribution in [0.5, 0.6) is 0 Å². The Hall–Kier alpha value is -0.600. The summed E-state index contributed by atoms with van der Waals surface area (Å²) in [5.41, 5.74) is 2.02. The van der Waals surface area contributed by atoms with Gasteiger partial charge in [-0.1, -0.05) is 11.6 Å². The van der Waals surface area contributed by atoms with Gasteiger partial charge in [0.2, 0.25) is 0 Å². The summed E-state index contributed by atoms with van der Waals surface area (Å²) in [7, 11) is 0. The number of aryl methyl sites for hydroxylation is 1. The second-order valence-electron chi connectivity index (χ2n) is 2.73. The van der Waals surface area contributed by atoms with Crippen molar-refractivity contribution in [3.63, 3.8) is 0 Å². The van der Waals surface area contributed by atoms with Crippen LogP contribution in [0, 0.1) is 0 Å². The van der Waals surface area contributed by atoms with Gasteiger partial charge in [0, 0.05) is 10.5 Å². The minimum Gasteiger partial charge on any atom is -0.298 e. The van der Waals surface area contributed by atoms with Crippen LogP contribution in [0.1, 0.15) is 16.9 Å². The molecule has 0 N–H and O–H groups in total. The van der Waals surface area contributed by atoms with E-state index in [0.29, 0.717) is 5.03 Å². The van der Waals surface area contributed by atoms with Crippen molar-refractivity contribution in [2.45, 2.75) is 12.8 Å². The van der Waals surface area contributed by atoms with E-state index in [1.807, 2.05) is 5.38 Å². The van der Waals surface area contributed by atoms with Gasteiger partial charge in [0.25, 0.3) is 0 Å². The van der Waals surface area contributed by atoms with Gasteiger partial charge in [-0.15, -0.1) is 11.3 Å². The highest BCUT2D eigenvalue weighted by Gasteiger charge is 2.17. The molecule has 0 radical (unpaired) electrons. The molecule has 1 aliphatic rings. The highest BCUT2D eigenvalue weighted by Crippen LogP contribution is 2.36. The lowest BCUT2D eigenvalue weighted by atomic mass is 9.99. The lowest BCUT2D eigenvalue weighted by Gasteiger charge is -2.11. The molecule has 1 aliphatic carbocycles. The largest absolute Gasteiger partial charge is 0.298 e. The van der Waals surface area contributed by atoms with Crippen LogP contribution in [-0.4, -0.2) is 6.29 Å². The molecule has 0 bridgehead atoms. The summed E-state index contributed by atoms with van der Waals surface area (Å²) in [6.45, 7) is 0. The fourth-order valence-corrected chi connectivity index (χ4v) is 2.68. The first kappa shape index (κ1) is 8.02. The Kier molecular flexibility index (Phi) is 2.03. The molecular weight excluding hydrogens is 192 g/mol. The minimum atomic E-state index is 0.654. The number of hydrogen-bond donors (Lipinski definition) is 0. The van der Waals surface area contributed by atoms with Crippen LogP contribution in [-0.2, 0) is 11.2 Å². The van der Waals surface area contributed by atoms with E-state index in [9.17, 15) is 4.79 Å². The van der Waals surface area contributed by atoms with Crippen LogP contribution >= 0.6 is 22.9 Å². The number of halogens is 1. The number of rotatable bonds is 1. The Labute approximate surface area is 79.7 Å². The van der Waals surface area contributed by atoms with Crippen LogP contribution in [0.2, 0.25) is 0 Å². The van der Waals surface area contributed by atoms with Crippen molar-refractivity contribution in [1.29, 1.82) is 0 Å². The Morgan fingerprint density at radius 1 is 1.50 bits per heavy atom. The van der Waals surface area contributed by atoms with E-state index in [4.69, 9.17) is 11.6 Å². The van der Waals surface area contributed by atoms with Crippen molar-refractivity contribution < 1.29 is 4.79 Å². The van der Waals surface area contributed by atoms with Gasteiger partial charge < -0.3 is 0 Å². The Bertz CT molecular complexity index is 351. The average molecular weight is 199 g/mol. The predicted octanol–water partition coefficient (Wildman–Crippen LogP) is 2.84. The zero-order valence-electron chi connectivity index (χ0n) is 6.34. The van der Waals surface area contributed by atoms with Gasteiger partial charge in [-0.2, -0.15) is 0 Å². The van der Waals surface area contributed by atoms with Crippen LogP contribution < -0.4 is 0 Å². The smallest absolute Gasteiger partial charge is 0.147 e. The Morgan fingerprint density at radius 2 is 2.33 bits per heavy atom. The molecule has 2 rings (SSSR count). The molecule has 62 valence electrons. The van der Waals surface area contributed by atoms with E-state index in [2.05, 4.69) is 6.07 Å². The number of hydrogen-bond acceptors (Lipinski definition) is 2. The molecule has 0 saturated heterocycles. The molecule has 0 aliphatic heterocycles.